The molecule has 20 heavy (non-hydrogen) atoms. The Kier molecular flexibility index (Phi) is 3.52. The van der Waals surface area contributed by atoms with Crippen LogP contribution >= 0.6 is 0 Å². The molecular weight excluding hydrogens is 256 g/mol. The zero-order valence-electron chi connectivity index (χ0n) is 11.3. The van der Waals surface area contributed by atoms with Gasteiger partial charge >= 0.3 is 0 Å². The molecule has 1 fully saturated rings. The van der Waals surface area contributed by atoms with Crippen molar-refractivity contribution < 1.29 is 9.47 Å². The maximum Gasteiger partial charge on any atom is 0.251 e. The Morgan fingerprint density at radius 3 is 2.70 bits per heavy atom. The summed E-state index contributed by atoms with van der Waals surface area (Å²) < 4.78 is 10.7. The van der Waals surface area contributed by atoms with E-state index in [1.54, 1.807) is 7.11 Å². The molecule has 3 rings (SSSR count). The van der Waals surface area contributed by atoms with Crippen molar-refractivity contribution >= 4 is 0 Å². The molecule has 1 saturated carbocycles. The third kappa shape index (κ3) is 3.05. The van der Waals surface area contributed by atoms with E-state index in [1.807, 2.05) is 24.3 Å². The van der Waals surface area contributed by atoms with E-state index in [2.05, 4.69) is 9.97 Å². The van der Waals surface area contributed by atoms with Crippen LogP contribution in [0.4, 0.5) is 0 Å². The van der Waals surface area contributed by atoms with Crippen LogP contribution in [0.3, 0.4) is 0 Å². The van der Waals surface area contributed by atoms with Gasteiger partial charge in [0.2, 0.25) is 0 Å². The zero-order chi connectivity index (χ0) is 13.9. The van der Waals surface area contributed by atoms with Gasteiger partial charge in [0, 0.05) is 18.7 Å². The summed E-state index contributed by atoms with van der Waals surface area (Å²) in [6.45, 7) is 0.284. The van der Waals surface area contributed by atoms with Crippen LogP contribution in [0.1, 0.15) is 18.7 Å². The normalized spacial score (nSPS) is 14.2. The van der Waals surface area contributed by atoms with E-state index in [4.69, 9.17) is 9.47 Å². The number of hydrogen-bond acceptors (Lipinski definition) is 4. The van der Waals surface area contributed by atoms with Crippen molar-refractivity contribution in [3.63, 3.8) is 0 Å². The molecule has 1 heterocycles. The Morgan fingerprint density at radius 1 is 1.30 bits per heavy atom. The molecule has 5 heteroatoms. The molecule has 1 aliphatic rings. The van der Waals surface area contributed by atoms with E-state index in [0.717, 1.165) is 24.2 Å². The fourth-order valence-corrected chi connectivity index (χ4v) is 1.94. The van der Waals surface area contributed by atoms with Gasteiger partial charge in [0.05, 0.1) is 11.8 Å². The van der Waals surface area contributed by atoms with Crippen LogP contribution in [0, 0.1) is 0 Å². The molecule has 0 aliphatic heterocycles. The lowest BCUT2D eigenvalue weighted by Gasteiger charge is -2.06. The molecule has 1 aliphatic carbocycles. The lowest BCUT2D eigenvalue weighted by molar-refractivity contribution is 0.177. The number of nitrogens with zero attached hydrogens (tertiary/aromatic N) is 1. The average Bonchev–Trinajstić information content (AvgIpc) is 3.23. The molecule has 0 radical (unpaired) electrons. The molecule has 1 N–H and O–H groups in total. The highest BCUT2D eigenvalue weighted by atomic mass is 16.5. The Balaban J connectivity index is 1.85. The van der Waals surface area contributed by atoms with Crippen LogP contribution in [0.15, 0.2) is 35.1 Å². The predicted molar refractivity (Wildman–Crippen MR) is 74.7 cm³/mol. The van der Waals surface area contributed by atoms with Crippen LogP contribution in [0.2, 0.25) is 0 Å². The minimum atomic E-state index is -0.180. The van der Waals surface area contributed by atoms with E-state index >= 15 is 0 Å². The van der Waals surface area contributed by atoms with Gasteiger partial charge in [-0.25, -0.2) is 4.98 Å². The minimum absolute atomic E-state index is 0.180. The number of aromatic nitrogens is 2. The van der Waals surface area contributed by atoms with Gasteiger partial charge in [0.25, 0.3) is 5.56 Å². The minimum Gasteiger partial charge on any atom is -0.490 e. The van der Waals surface area contributed by atoms with E-state index in [9.17, 15) is 4.79 Å². The van der Waals surface area contributed by atoms with Crippen LogP contribution in [-0.4, -0.2) is 23.2 Å². The van der Waals surface area contributed by atoms with Crippen molar-refractivity contribution in [2.75, 3.05) is 7.11 Å². The smallest absolute Gasteiger partial charge is 0.251 e. The highest BCUT2D eigenvalue weighted by molar-refractivity contribution is 5.59. The van der Waals surface area contributed by atoms with Crippen LogP contribution in [0.25, 0.3) is 11.3 Å². The van der Waals surface area contributed by atoms with Gasteiger partial charge in [0.1, 0.15) is 18.2 Å². The Morgan fingerprint density at radius 2 is 2.05 bits per heavy atom. The van der Waals surface area contributed by atoms with E-state index in [0.29, 0.717) is 17.6 Å². The number of rotatable bonds is 5. The number of hydrogen-bond donors (Lipinski definition) is 1. The molecule has 1 aromatic carbocycles. The topological polar surface area (TPSA) is 64.2 Å². The summed E-state index contributed by atoms with van der Waals surface area (Å²) in [5.74, 6) is 1.38. The summed E-state index contributed by atoms with van der Waals surface area (Å²) in [4.78, 5) is 18.6. The lowest BCUT2D eigenvalue weighted by atomic mass is 10.1. The predicted octanol–water partition coefficient (Wildman–Crippen LogP) is 2.12. The van der Waals surface area contributed by atoms with Gasteiger partial charge in [-0.2, -0.15) is 0 Å². The summed E-state index contributed by atoms with van der Waals surface area (Å²) in [7, 11) is 1.57. The second kappa shape index (κ2) is 5.46. The van der Waals surface area contributed by atoms with Crippen molar-refractivity contribution in [3.8, 4) is 17.0 Å². The first-order chi connectivity index (χ1) is 9.74. The molecule has 1 aromatic heterocycles. The largest absolute Gasteiger partial charge is 0.490 e. The van der Waals surface area contributed by atoms with E-state index in [1.165, 1.54) is 6.07 Å². The van der Waals surface area contributed by atoms with Gasteiger partial charge < -0.3 is 14.5 Å². The number of ether oxygens (including phenoxy) is 2. The summed E-state index contributed by atoms with van der Waals surface area (Å²) >= 11 is 0. The Labute approximate surface area is 116 Å². The average molecular weight is 272 g/mol. The molecule has 5 nitrogen and oxygen atoms in total. The second-order valence-electron chi connectivity index (χ2n) is 4.85. The van der Waals surface area contributed by atoms with Gasteiger partial charge in [-0.15, -0.1) is 0 Å². The van der Waals surface area contributed by atoms with Gasteiger partial charge in [-0.3, -0.25) is 4.79 Å². The van der Waals surface area contributed by atoms with Crippen molar-refractivity contribution in [3.05, 3.63) is 46.5 Å². The second-order valence-corrected chi connectivity index (χ2v) is 4.85. The SMILES string of the molecule is COCc1nc(-c2ccc(OC3CC3)cc2)cc(=O)[nH]1. The summed E-state index contributed by atoms with van der Waals surface area (Å²) in [6.07, 6.45) is 2.65. The van der Waals surface area contributed by atoms with Gasteiger partial charge in [0.15, 0.2) is 0 Å². The number of methoxy groups -OCH3 is 1. The summed E-state index contributed by atoms with van der Waals surface area (Å²) in [6, 6.07) is 9.13. The maximum atomic E-state index is 11.6. The van der Waals surface area contributed by atoms with Crippen molar-refractivity contribution in [1.82, 2.24) is 9.97 Å². The Bertz CT molecular complexity index is 645. The lowest BCUT2D eigenvalue weighted by Crippen LogP contribution is -2.11. The molecule has 0 saturated heterocycles. The molecule has 2 aromatic rings. The summed E-state index contributed by atoms with van der Waals surface area (Å²) in [5.41, 5.74) is 1.34. The number of nitrogens with one attached hydrogen (secondary N) is 1. The third-order valence-electron chi connectivity index (χ3n) is 3.05. The Hall–Kier alpha value is -2.14. The van der Waals surface area contributed by atoms with Crippen LogP contribution in [-0.2, 0) is 11.3 Å². The first kappa shape index (κ1) is 12.9. The summed E-state index contributed by atoms with van der Waals surface area (Å²) in [5, 5.41) is 0. The van der Waals surface area contributed by atoms with Crippen molar-refractivity contribution in [1.29, 1.82) is 0 Å². The van der Waals surface area contributed by atoms with Crippen LogP contribution in [0.5, 0.6) is 5.75 Å². The highest BCUT2D eigenvalue weighted by Gasteiger charge is 2.23. The van der Waals surface area contributed by atoms with Gasteiger partial charge in [-0.1, -0.05) is 0 Å². The molecule has 0 spiro atoms. The number of aromatic amines is 1. The van der Waals surface area contributed by atoms with E-state index < -0.39 is 0 Å². The fourth-order valence-electron chi connectivity index (χ4n) is 1.94. The van der Waals surface area contributed by atoms with E-state index in [-0.39, 0.29) is 12.2 Å². The van der Waals surface area contributed by atoms with Crippen molar-refractivity contribution in [2.45, 2.75) is 25.6 Å². The first-order valence-electron chi connectivity index (χ1n) is 6.61. The standard InChI is InChI=1S/C15H16N2O3/c1-19-9-14-16-13(8-15(18)17-14)10-2-4-11(5-3-10)20-12-6-7-12/h2-5,8,12H,6-7,9H2,1H3,(H,16,17,18). The van der Waals surface area contributed by atoms with Crippen LogP contribution < -0.4 is 10.3 Å². The molecule has 0 unspecified atom stereocenters. The fraction of sp³-hybridized carbons (Fsp3) is 0.333. The maximum absolute atomic E-state index is 11.6. The highest BCUT2D eigenvalue weighted by Crippen LogP contribution is 2.28. The molecular formula is C15H16N2O3. The first-order valence-corrected chi connectivity index (χ1v) is 6.61. The zero-order valence-corrected chi connectivity index (χ0v) is 11.3. The van der Waals surface area contributed by atoms with Crippen molar-refractivity contribution in [2.24, 2.45) is 0 Å². The quantitative estimate of drug-likeness (QED) is 0.905. The number of H-pyrrole nitrogens is 1. The number of benzene rings is 1. The molecule has 104 valence electrons. The molecule has 0 amide bonds. The van der Waals surface area contributed by atoms with Gasteiger partial charge in [-0.05, 0) is 37.1 Å². The monoisotopic (exact) mass is 272 g/mol. The molecule has 0 bridgehead atoms. The third-order valence-corrected chi connectivity index (χ3v) is 3.05. The molecule has 0 atom stereocenters.